The molecule has 0 bridgehead atoms. The van der Waals surface area contributed by atoms with E-state index in [9.17, 15) is 4.79 Å². The lowest BCUT2D eigenvalue weighted by molar-refractivity contribution is -0.115. The fourth-order valence-corrected chi connectivity index (χ4v) is 2.74. The standard InChI is InChI=1S/C17H17N3O3S/c1-10-4-6-13(7-5-10)18-15(21)12(3)24-17-20-19-16(23-17)14-8-9-22-11(14)2/h4-9,12H,1-3H3,(H,18,21)/t12-/m0/s1. The molecule has 0 aliphatic heterocycles. The van der Waals surface area contributed by atoms with Gasteiger partial charge < -0.3 is 14.2 Å². The zero-order chi connectivity index (χ0) is 17.1. The molecular formula is C17H17N3O3S. The summed E-state index contributed by atoms with van der Waals surface area (Å²) in [5, 5.41) is 10.8. The molecule has 0 unspecified atom stereocenters. The summed E-state index contributed by atoms with van der Waals surface area (Å²) in [4.78, 5) is 12.3. The Hall–Kier alpha value is -2.54. The zero-order valence-corrected chi connectivity index (χ0v) is 14.4. The van der Waals surface area contributed by atoms with Crippen LogP contribution in [0.25, 0.3) is 11.5 Å². The normalized spacial score (nSPS) is 12.1. The van der Waals surface area contributed by atoms with Gasteiger partial charge in [0.05, 0.1) is 17.1 Å². The van der Waals surface area contributed by atoms with Crippen molar-refractivity contribution in [2.45, 2.75) is 31.2 Å². The number of benzene rings is 1. The molecule has 0 aliphatic carbocycles. The Labute approximate surface area is 143 Å². The number of nitrogens with zero attached hydrogens (tertiary/aromatic N) is 2. The van der Waals surface area contributed by atoms with Crippen LogP contribution in [0.3, 0.4) is 0 Å². The van der Waals surface area contributed by atoms with Gasteiger partial charge in [0, 0.05) is 5.69 Å². The van der Waals surface area contributed by atoms with Crippen molar-refractivity contribution in [3.63, 3.8) is 0 Å². The van der Waals surface area contributed by atoms with Gasteiger partial charge in [-0.05, 0) is 39.0 Å². The maximum Gasteiger partial charge on any atom is 0.277 e. The van der Waals surface area contributed by atoms with Crippen molar-refractivity contribution in [3.8, 4) is 11.5 Å². The Bertz CT molecular complexity index is 839. The second-order valence-corrected chi connectivity index (χ2v) is 6.67. The summed E-state index contributed by atoms with van der Waals surface area (Å²) in [6.07, 6.45) is 1.57. The number of rotatable bonds is 5. The molecule has 0 fully saturated rings. The highest BCUT2D eigenvalue weighted by Crippen LogP contribution is 2.28. The molecule has 0 saturated heterocycles. The molecule has 7 heteroatoms. The number of carbonyl (C=O) groups excluding carboxylic acids is 1. The lowest BCUT2D eigenvalue weighted by Gasteiger charge is -2.09. The van der Waals surface area contributed by atoms with E-state index in [0.29, 0.717) is 16.9 Å². The van der Waals surface area contributed by atoms with Crippen molar-refractivity contribution in [1.29, 1.82) is 0 Å². The molecule has 124 valence electrons. The average Bonchev–Trinajstić information content (AvgIpc) is 3.18. The van der Waals surface area contributed by atoms with Gasteiger partial charge in [0.25, 0.3) is 11.1 Å². The Morgan fingerprint density at radius 2 is 1.92 bits per heavy atom. The first kappa shape index (κ1) is 16.3. The van der Waals surface area contributed by atoms with Gasteiger partial charge in [0.2, 0.25) is 5.91 Å². The van der Waals surface area contributed by atoms with Gasteiger partial charge in [-0.25, -0.2) is 0 Å². The number of nitrogens with one attached hydrogen (secondary N) is 1. The summed E-state index contributed by atoms with van der Waals surface area (Å²) < 4.78 is 10.8. The van der Waals surface area contributed by atoms with Crippen LogP contribution in [0.5, 0.6) is 0 Å². The van der Waals surface area contributed by atoms with E-state index in [2.05, 4.69) is 15.5 Å². The molecular weight excluding hydrogens is 326 g/mol. The number of anilines is 1. The molecule has 2 heterocycles. The van der Waals surface area contributed by atoms with Gasteiger partial charge in [0.1, 0.15) is 5.76 Å². The van der Waals surface area contributed by atoms with Gasteiger partial charge >= 0.3 is 0 Å². The quantitative estimate of drug-likeness (QED) is 0.703. The lowest BCUT2D eigenvalue weighted by atomic mass is 10.2. The maximum absolute atomic E-state index is 12.3. The van der Waals surface area contributed by atoms with Crippen LogP contribution in [0.2, 0.25) is 0 Å². The summed E-state index contributed by atoms with van der Waals surface area (Å²) in [6, 6.07) is 9.41. The molecule has 3 aromatic rings. The van der Waals surface area contributed by atoms with Crippen LogP contribution < -0.4 is 5.32 Å². The minimum atomic E-state index is -0.370. The molecule has 0 saturated carbocycles. The first-order valence-electron chi connectivity index (χ1n) is 7.45. The van der Waals surface area contributed by atoms with Crippen molar-refractivity contribution in [1.82, 2.24) is 10.2 Å². The van der Waals surface area contributed by atoms with E-state index in [4.69, 9.17) is 8.83 Å². The third kappa shape index (κ3) is 3.68. The molecule has 3 rings (SSSR count). The van der Waals surface area contributed by atoms with Gasteiger partial charge in [-0.1, -0.05) is 29.5 Å². The third-order valence-electron chi connectivity index (χ3n) is 3.46. The molecule has 1 N–H and O–H groups in total. The highest BCUT2D eigenvalue weighted by molar-refractivity contribution is 8.00. The van der Waals surface area contributed by atoms with Gasteiger partial charge in [0.15, 0.2) is 0 Å². The van der Waals surface area contributed by atoms with E-state index in [1.807, 2.05) is 38.1 Å². The van der Waals surface area contributed by atoms with Crippen LogP contribution in [0.15, 0.2) is 50.7 Å². The second-order valence-electron chi connectivity index (χ2n) is 5.38. The van der Waals surface area contributed by atoms with Gasteiger partial charge in [-0.2, -0.15) is 0 Å². The number of hydrogen-bond acceptors (Lipinski definition) is 6. The third-order valence-corrected chi connectivity index (χ3v) is 4.40. The van der Waals surface area contributed by atoms with E-state index < -0.39 is 0 Å². The lowest BCUT2D eigenvalue weighted by Crippen LogP contribution is -2.22. The predicted molar refractivity (Wildman–Crippen MR) is 91.9 cm³/mol. The van der Waals surface area contributed by atoms with E-state index >= 15 is 0 Å². The number of carbonyl (C=O) groups is 1. The summed E-state index contributed by atoms with van der Waals surface area (Å²) in [5.74, 6) is 0.971. The second kappa shape index (κ2) is 6.92. The van der Waals surface area contributed by atoms with Crippen LogP contribution in [0, 0.1) is 13.8 Å². The maximum atomic E-state index is 12.3. The zero-order valence-electron chi connectivity index (χ0n) is 13.6. The number of thioether (sulfide) groups is 1. The van der Waals surface area contributed by atoms with Crippen LogP contribution >= 0.6 is 11.8 Å². The van der Waals surface area contributed by atoms with Crippen LogP contribution in [-0.2, 0) is 4.79 Å². The number of furan rings is 1. The monoisotopic (exact) mass is 343 g/mol. The molecule has 24 heavy (non-hydrogen) atoms. The van der Waals surface area contributed by atoms with Crippen LogP contribution in [-0.4, -0.2) is 21.4 Å². The first-order chi connectivity index (χ1) is 11.5. The first-order valence-corrected chi connectivity index (χ1v) is 8.33. The van der Waals surface area contributed by atoms with Crippen LogP contribution in [0.1, 0.15) is 18.2 Å². The molecule has 0 spiro atoms. The van der Waals surface area contributed by atoms with E-state index in [0.717, 1.165) is 16.8 Å². The van der Waals surface area contributed by atoms with E-state index in [1.54, 1.807) is 19.3 Å². The number of aromatic nitrogens is 2. The largest absolute Gasteiger partial charge is 0.469 e. The summed E-state index contributed by atoms with van der Waals surface area (Å²) in [7, 11) is 0. The summed E-state index contributed by atoms with van der Waals surface area (Å²) in [6.45, 7) is 5.62. The van der Waals surface area contributed by atoms with Crippen molar-refractivity contribution < 1.29 is 13.6 Å². The minimum absolute atomic E-state index is 0.122. The minimum Gasteiger partial charge on any atom is -0.469 e. The molecule has 1 aromatic carbocycles. The van der Waals surface area contributed by atoms with Gasteiger partial charge in [-0.15, -0.1) is 10.2 Å². The molecule has 2 aromatic heterocycles. The Kier molecular flexibility index (Phi) is 4.71. The summed E-state index contributed by atoms with van der Waals surface area (Å²) >= 11 is 1.22. The number of aryl methyl sites for hydroxylation is 2. The van der Waals surface area contributed by atoms with Crippen molar-refractivity contribution in [3.05, 3.63) is 47.9 Å². The Morgan fingerprint density at radius 1 is 1.17 bits per heavy atom. The van der Waals surface area contributed by atoms with Crippen molar-refractivity contribution >= 4 is 23.4 Å². The number of amides is 1. The fraction of sp³-hybridized carbons (Fsp3) is 0.235. The topological polar surface area (TPSA) is 81.2 Å². The van der Waals surface area contributed by atoms with E-state index in [-0.39, 0.29) is 11.2 Å². The molecule has 0 aliphatic rings. The fourth-order valence-electron chi connectivity index (χ4n) is 2.06. The Morgan fingerprint density at radius 3 is 2.58 bits per heavy atom. The predicted octanol–water partition coefficient (Wildman–Crippen LogP) is 4.07. The SMILES string of the molecule is Cc1ccc(NC(=O)[C@H](C)Sc2nnc(-c3ccoc3C)o2)cc1. The van der Waals surface area contributed by atoms with Crippen molar-refractivity contribution in [2.24, 2.45) is 0 Å². The highest BCUT2D eigenvalue weighted by atomic mass is 32.2. The van der Waals surface area contributed by atoms with Gasteiger partial charge in [-0.3, -0.25) is 4.79 Å². The van der Waals surface area contributed by atoms with Crippen LogP contribution in [0.4, 0.5) is 5.69 Å². The molecule has 6 nitrogen and oxygen atoms in total. The van der Waals surface area contributed by atoms with Crippen molar-refractivity contribution in [2.75, 3.05) is 5.32 Å². The molecule has 0 radical (unpaired) electrons. The highest BCUT2D eigenvalue weighted by Gasteiger charge is 2.20. The summed E-state index contributed by atoms with van der Waals surface area (Å²) in [5.41, 5.74) is 2.66. The average molecular weight is 343 g/mol. The smallest absolute Gasteiger partial charge is 0.277 e. The van der Waals surface area contributed by atoms with E-state index in [1.165, 1.54) is 11.8 Å². The Balaban J connectivity index is 1.63. The molecule has 1 atom stereocenters. The number of hydrogen-bond donors (Lipinski definition) is 1. The molecule has 1 amide bonds.